The number of sulfonamides is 1. The number of nitrogens with zero attached hydrogens (tertiary/aromatic N) is 1. The highest BCUT2D eigenvalue weighted by Crippen LogP contribution is 2.45. The first-order chi connectivity index (χ1) is 16.8. The van der Waals surface area contributed by atoms with E-state index in [1.807, 2.05) is 25.1 Å². The van der Waals surface area contributed by atoms with Gasteiger partial charge in [-0.25, -0.2) is 17.9 Å². The summed E-state index contributed by atoms with van der Waals surface area (Å²) in [5, 5.41) is 0. The first-order valence-electron chi connectivity index (χ1n) is 12.0. The lowest BCUT2D eigenvalue weighted by molar-refractivity contribution is 0.128. The minimum atomic E-state index is -3.70. The number of likely N-dealkylation sites (tertiary alicyclic amines) is 1. The van der Waals surface area contributed by atoms with Gasteiger partial charge >= 0.3 is 6.09 Å². The van der Waals surface area contributed by atoms with Crippen LogP contribution in [0.4, 0.5) is 4.79 Å². The molecule has 1 saturated carbocycles. The molecule has 2 atom stereocenters. The molecule has 9 heteroatoms. The molecular formula is C26H34N2O6S. The predicted molar refractivity (Wildman–Crippen MR) is 132 cm³/mol. The first kappa shape index (κ1) is 25.3. The van der Waals surface area contributed by atoms with Crippen molar-refractivity contribution < 1.29 is 27.4 Å². The van der Waals surface area contributed by atoms with Gasteiger partial charge in [0.05, 0.1) is 25.2 Å². The monoisotopic (exact) mass is 502 g/mol. The van der Waals surface area contributed by atoms with Crippen LogP contribution in [0.2, 0.25) is 0 Å². The zero-order valence-corrected chi connectivity index (χ0v) is 21.3. The van der Waals surface area contributed by atoms with Crippen molar-refractivity contribution in [2.24, 2.45) is 5.41 Å². The second-order valence-corrected chi connectivity index (χ2v) is 11.4. The van der Waals surface area contributed by atoms with Crippen molar-refractivity contribution in [2.45, 2.75) is 49.5 Å². The quantitative estimate of drug-likeness (QED) is 0.582. The van der Waals surface area contributed by atoms with E-state index < -0.39 is 21.5 Å². The van der Waals surface area contributed by atoms with Gasteiger partial charge < -0.3 is 19.1 Å². The van der Waals surface area contributed by atoms with Gasteiger partial charge in [0.2, 0.25) is 10.0 Å². The van der Waals surface area contributed by atoms with Crippen LogP contribution < -0.4 is 14.2 Å². The standard InChI is InChI=1S/C26H34N2O6S/c1-26(17-27-35(30,31)21-11-5-4-6-12-21)18-28(25(29)33-3)16-22(26)19-13-14-23(32-2)24(15-19)34-20-9-7-8-10-20/h4-6,11-15,20,22,27H,7-10,16-18H2,1-3H3/t22-,26+/m0/s1. The Hall–Kier alpha value is -2.78. The SMILES string of the molecule is COC(=O)N1C[C@@H](c2ccc(OC)c(OC3CCCC3)c2)[C@](C)(CNS(=O)(=O)c2ccccc2)C1. The minimum Gasteiger partial charge on any atom is -0.493 e. The number of methoxy groups -OCH3 is 2. The van der Waals surface area contributed by atoms with E-state index in [4.69, 9.17) is 14.2 Å². The van der Waals surface area contributed by atoms with Gasteiger partial charge in [-0.2, -0.15) is 0 Å². The Kier molecular flexibility index (Phi) is 7.56. The lowest BCUT2D eigenvalue weighted by Gasteiger charge is -2.31. The van der Waals surface area contributed by atoms with Crippen molar-refractivity contribution in [1.29, 1.82) is 0 Å². The molecule has 8 nitrogen and oxygen atoms in total. The molecule has 0 unspecified atom stereocenters. The number of benzene rings is 2. The summed E-state index contributed by atoms with van der Waals surface area (Å²) in [6.45, 7) is 2.92. The van der Waals surface area contributed by atoms with E-state index in [9.17, 15) is 13.2 Å². The van der Waals surface area contributed by atoms with Crippen LogP contribution in [0, 0.1) is 5.41 Å². The molecule has 2 aliphatic rings. The molecule has 0 radical (unpaired) electrons. The zero-order valence-electron chi connectivity index (χ0n) is 20.5. The van der Waals surface area contributed by atoms with Crippen molar-refractivity contribution in [1.82, 2.24) is 9.62 Å². The van der Waals surface area contributed by atoms with Gasteiger partial charge in [-0.1, -0.05) is 31.2 Å². The summed E-state index contributed by atoms with van der Waals surface area (Å²) in [5.41, 5.74) is 0.390. The van der Waals surface area contributed by atoms with Crippen LogP contribution in [0.3, 0.4) is 0 Å². The van der Waals surface area contributed by atoms with Gasteiger partial charge in [0.1, 0.15) is 0 Å². The molecule has 1 N–H and O–H groups in total. The molecule has 1 heterocycles. The summed E-state index contributed by atoms with van der Waals surface area (Å²) in [6.07, 6.45) is 4.09. The Balaban J connectivity index is 1.62. The van der Waals surface area contributed by atoms with E-state index in [0.717, 1.165) is 31.2 Å². The molecule has 0 spiro atoms. The summed E-state index contributed by atoms with van der Waals surface area (Å²) >= 11 is 0. The molecule has 2 fully saturated rings. The second-order valence-electron chi connectivity index (χ2n) is 9.63. The van der Waals surface area contributed by atoms with Crippen LogP contribution in [0.15, 0.2) is 53.4 Å². The van der Waals surface area contributed by atoms with Gasteiger partial charge in [0, 0.05) is 31.0 Å². The molecule has 0 aromatic heterocycles. The van der Waals surface area contributed by atoms with E-state index in [1.165, 1.54) is 7.11 Å². The highest BCUT2D eigenvalue weighted by atomic mass is 32.2. The average Bonchev–Trinajstić information content (AvgIpc) is 3.51. The third-order valence-corrected chi connectivity index (χ3v) is 8.55. The summed E-state index contributed by atoms with van der Waals surface area (Å²) in [5.74, 6) is 1.20. The largest absolute Gasteiger partial charge is 0.493 e. The molecule has 2 aromatic carbocycles. The van der Waals surface area contributed by atoms with Crippen molar-refractivity contribution >= 4 is 16.1 Å². The highest BCUT2D eigenvalue weighted by Gasteiger charge is 2.46. The Morgan fingerprint density at radius 1 is 1.09 bits per heavy atom. The van der Waals surface area contributed by atoms with E-state index >= 15 is 0 Å². The summed E-state index contributed by atoms with van der Waals surface area (Å²) in [4.78, 5) is 14.3. The number of hydrogen-bond acceptors (Lipinski definition) is 6. The van der Waals surface area contributed by atoms with Crippen LogP contribution in [0.25, 0.3) is 0 Å². The van der Waals surface area contributed by atoms with Gasteiger partial charge in [-0.05, 0) is 55.5 Å². The number of rotatable bonds is 8. The van der Waals surface area contributed by atoms with Crippen LogP contribution in [0.5, 0.6) is 11.5 Å². The summed E-state index contributed by atoms with van der Waals surface area (Å²) in [6, 6.07) is 14.1. The van der Waals surface area contributed by atoms with Crippen LogP contribution in [0.1, 0.15) is 44.1 Å². The van der Waals surface area contributed by atoms with E-state index in [2.05, 4.69) is 4.72 Å². The zero-order chi connectivity index (χ0) is 25.1. The van der Waals surface area contributed by atoms with Crippen molar-refractivity contribution in [2.75, 3.05) is 33.9 Å². The molecule has 1 aliphatic carbocycles. The van der Waals surface area contributed by atoms with Crippen molar-refractivity contribution in [3.05, 3.63) is 54.1 Å². The normalized spacial score (nSPS) is 22.8. The maximum Gasteiger partial charge on any atom is 0.409 e. The Bertz CT molecular complexity index is 1130. The minimum absolute atomic E-state index is 0.142. The molecule has 35 heavy (non-hydrogen) atoms. The van der Waals surface area contributed by atoms with Crippen LogP contribution in [-0.2, 0) is 14.8 Å². The number of carbonyl (C=O) groups is 1. The Morgan fingerprint density at radius 3 is 2.46 bits per heavy atom. The highest BCUT2D eigenvalue weighted by molar-refractivity contribution is 7.89. The average molecular weight is 503 g/mol. The van der Waals surface area contributed by atoms with Gasteiger partial charge in [0.25, 0.3) is 0 Å². The Labute approximate surface area is 207 Å². The van der Waals surface area contributed by atoms with Crippen molar-refractivity contribution in [3.8, 4) is 11.5 Å². The maximum absolute atomic E-state index is 12.9. The van der Waals surface area contributed by atoms with Crippen LogP contribution >= 0.6 is 0 Å². The molecule has 1 saturated heterocycles. The Morgan fingerprint density at radius 2 is 1.80 bits per heavy atom. The fourth-order valence-corrected chi connectivity index (χ4v) is 6.34. The number of nitrogens with one attached hydrogen (secondary N) is 1. The lowest BCUT2D eigenvalue weighted by atomic mass is 9.76. The molecule has 190 valence electrons. The second kappa shape index (κ2) is 10.5. The number of ether oxygens (including phenoxy) is 3. The van der Waals surface area contributed by atoms with Gasteiger partial charge in [-0.3, -0.25) is 0 Å². The predicted octanol–water partition coefficient (Wildman–Crippen LogP) is 4.17. The third kappa shape index (κ3) is 5.56. The van der Waals surface area contributed by atoms with E-state index in [0.29, 0.717) is 24.6 Å². The molecule has 0 bridgehead atoms. The third-order valence-electron chi connectivity index (χ3n) is 7.13. The molecule has 1 amide bonds. The van der Waals surface area contributed by atoms with Gasteiger partial charge in [-0.15, -0.1) is 0 Å². The lowest BCUT2D eigenvalue weighted by Crippen LogP contribution is -2.40. The first-order valence-corrected chi connectivity index (χ1v) is 13.5. The molecular weight excluding hydrogens is 468 g/mol. The fraction of sp³-hybridized carbons (Fsp3) is 0.500. The van der Waals surface area contributed by atoms with Gasteiger partial charge in [0.15, 0.2) is 11.5 Å². The molecule has 4 rings (SSSR count). The number of carbonyl (C=O) groups excluding carboxylic acids is 1. The summed E-state index contributed by atoms with van der Waals surface area (Å²) < 4.78 is 45.4. The summed E-state index contributed by atoms with van der Waals surface area (Å²) in [7, 11) is -0.727. The van der Waals surface area contributed by atoms with E-state index in [-0.39, 0.29) is 23.5 Å². The topological polar surface area (TPSA) is 94.2 Å². The molecule has 1 aliphatic heterocycles. The smallest absolute Gasteiger partial charge is 0.409 e. The fourth-order valence-electron chi connectivity index (χ4n) is 5.14. The van der Waals surface area contributed by atoms with Crippen LogP contribution in [-0.4, -0.2) is 59.4 Å². The van der Waals surface area contributed by atoms with Crippen molar-refractivity contribution in [3.63, 3.8) is 0 Å². The number of hydrogen-bond donors (Lipinski definition) is 1. The van der Waals surface area contributed by atoms with E-state index in [1.54, 1.807) is 42.3 Å². The maximum atomic E-state index is 12.9. The molecule has 2 aromatic rings. The number of amides is 1.